The summed E-state index contributed by atoms with van der Waals surface area (Å²) in [5.74, 6) is -0.0924. The standard InChI is InChI=1S/C21H28N2O2S/c1-3-4-12-19(16(2)24)23-21(25)20(14-17-9-6-5-7-10-17)22-15-18-11-8-13-26-18/h5-11,13,19-20,22H,3-4,12,14-15H2,1-2H3,(H,23,25)/t19-,20-/m0/s1. The number of ketones is 1. The topological polar surface area (TPSA) is 58.2 Å². The van der Waals surface area contributed by atoms with Crippen molar-refractivity contribution >= 4 is 23.0 Å². The zero-order valence-corrected chi connectivity index (χ0v) is 16.4. The van der Waals surface area contributed by atoms with Gasteiger partial charge in [-0.05, 0) is 36.8 Å². The summed E-state index contributed by atoms with van der Waals surface area (Å²) >= 11 is 1.66. The van der Waals surface area contributed by atoms with E-state index in [0.717, 1.165) is 18.4 Å². The highest BCUT2D eigenvalue weighted by Gasteiger charge is 2.23. The molecule has 0 aliphatic heterocycles. The van der Waals surface area contributed by atoms with Crippen molar-refractivity contribution < 1.29 is 9.59 Å². The molecule has 2 rings (SSSR count). The van der Waals surface area contributed by atoms with Crippen molar-refractivity contribution in [2.24, 2.45) is 0 Å². The Balaban J connectivity index is 2.04. The first-order valence-corrected chi connectivity index (χ1v) is 10.1. The number of thiophene rings is 1. The van der Waals surface area contributed by atoms with Crippen LogP contribution in [0.2, 0.25) is 0 Å². The van der Waals surface area contributed by atoms with Crippen LogP contribution in [-0.4, -0.2) is 23.8 Å². The maximum atomic E-state index is 12.9. The van der Waals surface area contributed by atoms with Crippen LogP contribution >= 0.6 is 11.3 Å². The Kier molecular flexibility index (Phi) is 8.51. The summed E-state index contributed by atoms with van der Waals surface area (Å²) in [6.45, 7) is 4.27. The SMILES string of the molecule is CCCC[C@H](NC(=O)[C@H](Cc1ccccc1)NCc1cccs1)C(C)=O. The van der Waals surface area contributed by atoms with Crippen molar-refractivity contribution in [2.45, 2.75) is 58.2 Å². The molecule has 26 heavy (non-hydrogen) atoms. The molecule has 1 aromatic carbocycles. The van der Waals surface area contributed by atoms with Gasteiger partial charge in [-0.1, -0.05) is 56.2 Å². The molecule has 0 saturated heterocycles. The van der Waals surface area contributed by atoms with Gasteiger partial charge in [-0.3, -0.25) is 9.59 Å². The number of nitrogens with one attached hydrogen (secondary N) is 2. The molecule has 0 aliphatic rings. The van der Waals surface area contributed by atoms with Crippen LogP contribution in [0, 0.1) is 0 Å². The maximum Gasteiger partial charge on any atom is 0.238 e. The predicted molar refractivity (Wildman–Crippen MR) is 107 cm³/mol. The second-order valence-corrected chi connectivity index (χ2v) is 7.55. The second kappa shape index (κ2) is 10.9. The molecule has 0 saturated carbocycles. The van der Waals surface area contributed by atoms with E-state index < -0.39 is 6.04 Å². The van der Waals surface area contributed by atoms with Gasteiger partial charge in [0.15, 0.2) is 5.78 Å². The number of carbonyl (C=O) groups excluding carboxylic acids is 2. The lowest BCUT2D eigenvalue weighted by Crippen LogP contribution is -2.50. The maximum absolute atomic E-state index is 12.9. The van der Waals surface area contributed by atoms with Gasteiger partial charge in [-0.15, -0.1) is 11.3 Å². The Morgan fingerprint density at radius 2 is 1.85 bits per heavy atom. The minimum Gasteiger partial charge on any atom is -0.345 e. The van der Waals surface area contributed by atoms with Gasteiger partial charge >= 0.3 is 0 Å². The van der Waals surface area contributed by atoms with Crippen molar-refractivity contribution in [3.05, 3.63) is 58.3 Å². The Morgan fingerprint density at radius 3 is 2.46 bits per heavy atom. The van der Waals surface area contributed by atoms with Crippen LogP contribution in [0.1, 0.15) is 43.6 Å². The average Bonchev–Trinajstić information content (AvgIpc) is 3.16. The van der Waals surface area contributed by atoms with E-state index in [0.29, 0.717) is 19.4 Å². The molecular formula is C21H28N2O2S. The Morgan fingerprint density at radius 1 is 1.08 bits per heavy atom. The first-order valence-electron chi connectivity index (χ1n) is 9.20. The van der Waals surface area contributed by atoms with Gasteiger partial charge in [-0.2, -0.15) is 0 Å². The smallest absolute Gasteiger partial charge is 0.238 e. The summed E-state index contributed by atoms with van der Waals surface area (Å²) < 4.78 is 0. The number of hydrogen-bond donors (Lipinski definition) is 2. The first kappa shape index (κ1) is 20.3. The molecular weight excluding hydrogens is 344 g/mol. The lowest BCUT2D eigenvalue weighted by Gasteiger charge is -2.22. The third-order valence-corrected chi connectivity index (χ3v) is 5.23. The highest BCUT2D eigenvalue weighted by molar-refractivity contribution is 7.09. The summed E-state index contributed by atoms with van der Waals surface area (Å²) in [6.07, 6.45) is 3.22. The summed E-state index contributed by atoms with van der Waals surface area (Å²) in [7, 11) is 0. The molecule has 4 nitrogen and oxygen atoms in total. The number of benzene rings is 1. The van der Waals surface area contributed by atoms with E-state index >= 15 is 0 Å². The molecule has 1 amide bonds. The van der Waals surface area contributed by atoms with Crippen LogP contribution in [0.5, 0.6) is 0 Å². The molecule has 0 fully saturated rings. The van der Waals surface area contributed by atoms with E-state index in [1.807, 2.05) is 41.8 Å². The quantitative estimate of drug-likeness (QED) is 0.632. The van der Waals surface area contributed by atoms with Gasteiger partial charge < -0.3 is 10.6 Å². The largest absolute Gasteiger partial charge is 0.345 e. The predicted octanol–water partition coefficient (Wildman–Crippen LogP) is 3.71. The van der Waals surface area contributed by atoms with Crippen LogP contribution in [0.3, 0.4) is 0 Å². The molecule has 0 spiro atoms. The minimum atomic E-state index is -0.399. The lowest BCUT2D eigenvalue weighted by molar-refractivity contribution is -0.128. The number of Topliss-reactive ketones (excluding diaryl/α,β-unsaturated/α-hetero) is 1. The zero-order valence-electron chi connectivity index (χ0n) is 15.5. The fraction of sp³-hybridized carbons (Fsp3) is 0.429. The summed E-state index contributed by atoms with van der Waals surface area (Å²) in [5, 5.41) is 8.34. The van der Waals surface area contributed by atoms with Crippen LogP contribution in [0.25, 0.3) is 0 Å². The molecule has 2 N–H and O–H groups in total. The minimum absolute atomic E-state index is 0.0171. The van der Waals surface area contributed by atoms with Gasteiger partial charge in [0.1, 0.15) is 0 Å². The van der Waals surface area contributed by atoms with Gasteiger partial charge in [0, 0.05) is 11.4 Å². The Hall–Kier alpha value is -1.98. The third-order valence-electron chi connectivity index (χ3n) is 4.36. The molecule has 0 aliphatic carbocycles. The van der Waals surface area contributed by atoms with Crippen LogP contribution in [0.15, 0.2) is 47.8 Å². The lowest BCUT2D eigenvalue weighted by atomic mass is 10.0. The van der Waals surface area contributed by atoms with E-state index in [4.69, 9.17) is 0 Å². The van der Waals surface area contributed by atoms with Crippen molar-refractivity contribution in [2.75, 3.05) is 0 Å². The molecule has 2 atom stereocenters. The number of amides is 1. The normalized spacial score (nSPS) is 13.2. The van der Waals surface area contributed by atoms with Crippen LogP contribution in [0.4, 0.5) is 0 Å². The third kappa shape index (κ3) is 6.73. The highest BCUT2D eigenvalue weighted by Crippen LogP contribution is 2.10. The summed E-state index contributed by atoms with van der Waals surface area (Å²) in [4.78, 5) is 25.9. The number of unbranched alkanes of at least 4 members (excludes halogenated alkanes) is 1. The number of hydrogen-bond acceptors (Lipinski definition) is 4. The van der Waals surface area contributed by atoms with E-state index in [9.17, 15) is 9.59 Å². The van der Waals surface area contributed by atoms with Gasteiger partial charge in [0.2, 0.25) is 5.91 Å². The second-order valence-electron chi connectivity index (χ2n) is 6.52. The molecule has 0 unspecified atom stereocenters. The summed E-state index contributed by atoms with van der Waals surface area (Å²) in [5.41, 5.74) is 1.10. The fourth-order valence-electron chi connectivity index (χ4n) is 2.80. The average molecular weight is 373 g/mol. The molecule has 0 bridgehead atoms. The van der Waals surface area contributed by atoms with Gasteiger partial charge in [0.05, 0.1) is 12.1 Å². The van der Waals surface area contributed by atoms with Crippen LogP contribution in [-0.2, 0) is 22.6 Å². The Bertz CT molecular complexity index is 671. The highest BCUT2D eigenvalue weighted by atomic mass is 32.1. The molecule has 1 heterocycles. The van der Waals surface area contributed by atoms with Crippen molar-refractivity contribution in [1.82, 2.24) is 10.6 Å². The number of carbonyl (C=O) groups is 2. The molecule has 0 radical (unpaired) electrons. The van der Waals surface area contributed by atoms with Crippen molar-refractivity contribution in [3.8, 4) is 0 Å². The van der Waals surface area contributed by atoms with Gasteiger partial charge in [-0.25, -0.2) is 0 Å². The van der Waals surface area contributed by atoms with E-state index in [-0.39, 0.29) is 17.7 Å². The molecule has 2 aromatic rings. The fourth-order valence-corrected chi connectivity index (χ4v) is 3.46. The monoisotopic (exact) mass is 372 g/mol. The van der Waals surface area contributed by atoms with Crippen molar-refractivity contribution in [1.29, 1.82) is 0 Å². The molecule has 5 heteroatoms. The van der Waals surface area contributed by atoms with Crippen LogP contribution < -0.4 is 10.6 Å². The first-order chi connectivity index (χ1) is 12.6. The zero-order chi connectivity index (χ0) is 18.8. The van der Waals surface area contributed by atoms with E-state index in [1.54, 1.807) is 18.3 Å². The van der Waals surface area contributed by atoms with E-state index in [1.165, 1.54) is 4.88 Å². The Labute approximate surface area is 160 Å². The number of rotatable bonds is 11. The molecule has 140 valence electrons. The van der Waals surface area contributed by atoms with E-state index in [2.05, 4.69) is 23.6 Å². The van der Waals surface area contributed by atoms with Crippen molar-refractivity contribution in [3.63, 3.8) is 0 Å². The molecule has 1 aromatic heterocycles. The van der Waals surface area contributed by atoms with Gasteiger partial charge in [0.25, 0.3) is 0 Å². The summed E-state index contributed by atoms with van der Waals surface area (Å²) in [6, 6.07) is 13.2.